The molecule has 2 aromatic rings. The number of aliphatic hydroxyl groups is 1. The van der Waals surface area contributed by atoms with Crippen LogP contribution >= 0.6 is 15.9 Å². The summed E-state index contributed by atoms with van der Waals surface area (Å²) in [5.74, 6) is 1.05. The van der Waals surface area contributed by atoms with E-state index in [2.05, 4.69) is 26.2 Å². The van der Waals surface area contributed by atoms with Crippen molar-refractivity contribution in [3.05, 3.63) is 52.5 Å². The van der Waals surface area contributed by atoms with E-state index in [-0.39, 0.29) is 0 Å². The molecule has 4 nitrogen and oxygen atoms in total. The summed E-state index contributed by atoms with van der Waals surface area (Å²) in [4.78, 5) is 4.26. The van der Waals surface area contributed by atoms with Crippen LogP contribution in [0, 0.1) is 0 Å². The highest BCUT2D eigenvalue weighted by molar-refractivity contribution is 9.10. The highest BCUT2D eigenvalue weighted by Gasteiger charge is 2.07. The molecule has 0 aliphatic carbocycles. The Morgan fingerprint density at radius 1 is 1.47 bits per heavy atom. The maximum absolute atomic E-state index is 10.1. The van der Waals surface area contributed by atoms with Crippen LogP contribution in [0.5, 0.6) is 0 Å². The standard InChI is InChI=1S/C14H18BrN3O/c1-18-8-7-17-14(18)5-6-16-10-13(19)11-3-2-4-12(15)9-11/h2-4,7-9,13,16,19H,5-6,10H2,1H3. The van der Waals surface area contributed by atoms with Crippen LogP contribution in [0.1, 0.15) is 17.5 Å². The van der Waals surface area contributed by atoms with E-state index in [4.69, 9.17) is 0 Å². The number of benzene rings is 1. The monoisotopic (exact) mass is 323 g/mol. The number of rotatable bonds is 6. The average Bonchev–Trinajstić information content (AvgIpc) is 2.80. The summed E-state index contributed by atoms with van der Waals surface area (Å²) in [5.41, 5.74) is 0.916. The first kappa shape index (κ1) is 14.2. The molecule has 19 heavy (non-hydrogen) atoms. The van der Waals surface area contributed by atoms with E-state index in [1.165, 1.54) is 0 Å². The predicted octanol–water partition coefficient (Wildman–Crippen LogP) is 2.05. The lowest BCUT2D eigenvalue weighted by Crippen LogP contribution is -2.24. The number of imidazole rings is 1. The van der Waals surface area contributed by atoms with Crippen molar-refractivity contribution in [3.63, 3.8) is 0 Å². The van der Waals surface area contributed by atoms with Gasteiger partial charge in [0.25, 0.3) is 0 Å². The van der Waals surface area contributed by atoms with Crippen LogP contribution in [0.15, 0.2) is 41.1 Å². The third-order valence-corrected chi connectivity index (χ3v) is 3.51. The molecular formula is C14H18BrN3O. The van der Waals surface area contributed by atoms with E-state index in [0.29, 0.717) is 6.54 Å². The van der Waals surface area contributed by atoms with Gasteiger partial charge in [0.2, 0.25) is 0 Å². The van der Waals surface area contributed by atoms with E-state index in [1.54, 1.807) is 6.20 Å². The lowest BCUT2D eigenvalue weighted by Gasteiger charge is -2.12. The highest BCUT2D eigenvalue weighted by atomic mass is 79.9. The Morgan fingerprint density at radius 2 is 2.32 bits per heavy atom. The van der Waals surface area contributed by atoms with Crippen LogP contribution in [-0.2, 0) is 13.5 Å². The fourth-order valence-electron chi connectivity index (χ4n) is 1.91. The summed E-state index contributed by atoms with van der Waals surface area (Å²) >= 11 is 3.40. The van der Waals surface area contributed by atoms with Crippen LogP contribution in [0.4, 0.5) is 0 Å². The third kappa shape index (κ3) is 4.16. The van der Waals surface area contributed by atoms with Gasteiger partial charge in [-0.05, 0) is 17.7 Å². The second-order valence-electron chi connectivity index (χ2n) is 4.48. The summed E-state index contributed by atoms with van der Waals surface area (Å²) in [6.45, 7) is 1.34. The minimum atomic E-state index is -0.487. The minimum Gasteiger partial charge on any atom is -0.387 e. The van der Waals surface area contributed by atoms with Crippen molar-refractivity contribution in [1.82, 2.24) is 14.9 Å². The average molecular weight is 324 g/mol. The van der Waals surface area contributed by atoms with Crippen molar-refractivity contribution >= 4 is 15.9 Å². The molecule has 2 N–H and O–H groups in total. The van der Waals surface area contributed by atoms with Crippen molar-refractivity contribution in [2.75, 3.05) is 13.1 Å². The largest absolute Gasteiger partial charge is 0.387 e. The molecule has 5 heteroatoms. The molecule has 1 aromatic carbocycles. The van der Waals surface area contributed by atoms with E-state index in [0.717, 1.165) is 28.8 Å². The summed E-state index contributed by atoms with van der Waals surface area (Å²) in [6, 6.07) is 7.74. The van der Waals surface area contributed by atoms with E-state index in [1.807, 2.05) is 42.1 Å². The number of nitrogens with zero attached hydrogens (tertiary/aromatic N) is 2. The number of aliphatic hydroxyl groups excluding tert-OH is 1. The van der Waals surface area contributed by atoms with Gasteiger partial charge in [0.05, 0.1) is 6.10 Å². The second kappa shape index (κ2) is 6.84. The van der Waals surface area contributed by atoms with Crippen LogP contribution in [0.25, 0.3) is 0 Å². The SMILES string of the molecule is Cn1ccnc1CCNCC(O)c1cccc(Br)c1. The van der Waals surface area contributed by atoms with Crippen molar-refractivity contribution in [2.24, 2.45) is 7.05 Å². The molecule has 0 saturated carbocycles. The Morgan fingerprint density at radius 3 is 3.00 bits per heavy atom. The number of halogens is 1. The molecule has 0 saturated heterocycles. The van der Waals surface area contributed by atoms with Crippen molar-refractivity contribution < 1.29 is 5.11 Å². The van der Waals surface area contributed by atoms with E-state index < -0.39 is 6.10 Å². The number of aromatic nitrogens is 2. The molecule has 102 valence electrons. The predicted molar refractivity (Wildman–Crippen MR) is 78.9 cm³/mol. The minimum absolute atomic E-state index is 0.487. The van der Waals surface area contributed by atoms with Gasteiger partial charge in [-0.3, -0.25) is 0 Å². The molecular weight excluding hydrogens is 306 g/mol. The molecule has 1 unspecified atom stereocenters. The molecule has 1 heterocycles. The van der Waals surface area contributed by atoms with Gasteiger partial charge in [-0.25, -0.2) is 4.98 Å². The molecule has 0 aliphatic heterocycles. The van der Waals surface area contributed by atoms with E-state index in [9.17, 15) is 5.11 Å². The van der Waals surface area contributed by atoms with Crippen LogP contribution < -0.4 is 5.32 Å². The first-order chi connectivity index (χ1) is 9.16. The Kier molecular flexibility index (Phi) is 5.13. The van der Waals surface area contributed by atoms with Gasteiger partial charge in [-0.15, -0.1) is 0 Å². The van der Waals surface area contributed by atoms with Gasteiger partial charge >= 0.3 is 0 Å². The van der Waals surface area contributed by atoms with Gasteiger partial charge in [0.1, 0.15) is 5.82 Å². The van der Waals surface area contributed by atoms with Crippen molar-refractivity contribution in [1.29, 1.82) is 0 Å². The zero-order valence-corrected chi connectivity index (χ0v) is 12.5. The second-order valence-corrected chi connectivity index (χ2v) is 5.39. The Balaban J connectivity index is 1.75. The molecule has 0 aliphatic rings. The number of nitrogens with one attached hydrogen (secondary N) is 1. The van der Waals surface area contributed by atoms with Crippen molar-refractivity contribution in [3.8, 4) is 0 Å². The third-order valence-electron chi connectivity index (χ3n) is 3.02. The molecule has 1 aromatic heterocycles. The molecule has 2 rings (SSSR count). The molecule has 0 amide bonds. The van der Waals surface area contributed by atoms with Gasteiger partial charge < -0.3 is 15.0 Å². The fraction of sp³-hybridized carbons (Fsp3) is 0.357. The highest BCUT2D eigenvalue weighted by Crippen LogP contribution is 2.17. The van der Waals surface area contributed by atoms with E-state index >= 15 is 0 Å². The summed E-state index contributed by atoms with van der Waals surface area (Å²) in [7, 11) is 1.98. The first-order valence-electron chi connectivity index (χ1n) is 6.27. The summed E-state index contributed by atoms with van der Waals surface area (Å²) in [5, 5.41) is 13.3. The van der Waals surface area contributed by atoms with Crippen LogP contribution in [0.2, 0.25) is 0 Å². The quantitative estimate of drug-likeness (QED) is 0.800. The zero-order chi connectivity index (χ0) is 13.7. The van der Waals surface area contributed by atoms with Gasteiger partial charge in [-0.1, -0.05) is 28.1 Å². The fourth-order valence-corrected chi connectivity index (χ4v) is 2.33. The van der Waals surface area contributed by atoms with Gasteiger partial charge in [0.15, 0.2) is 0 Å². The van der Waals surface area contributed by atoms with Gasteiger partial charge in [-0.2, -0.15) is 0 Å². The van der Waals surface area contributed by atoms with Crippen LogP contribution in [-0.4, -0.2) is 27.7 Å². The zero-order valence-electron chi connectivity index (χ0n) is 10.9. The first-order valence-corrected chi connectivity index (χ1v) is 7.06. The topological polar surface area (TPSA) is 50.1 Å². The molecule has 1 atom stereocenters. The number of hydrogen-bond acceptors (Lipinski definition) is 3. The molecule has 0 radical (unpaired) electrons. The Labute approximate surface area is 121 Å². The maximum Gasteiger partial charge on any atom is 0.109 e. The summed E-state index contributed by atoms with van der Waals surface area (Å²) < 4.78 is 2.99. The smallest absolute Gasteiger partial charge is 0.109 e. The van der Waals surface area contributed by atoms with Crippen molar-refractivity contribution in [2.45, 2.75) is 12.5 Å². The molecule has 0 fully saturated rings. The number of aryl methyl sites for hydroxylation is 1. The van der Waals surface area contributed by atoms with Crippen LogP contribution in [0.3, 0.4) is 0 Å². The normalized spacial score (nSPS) is 12.6. The van der Waals surface area contributed by atoms with Gasteiger partial charge in [0, 0.05) is 43.4 Å². The Bertz CT molecular complexity index is 527. The molecule has 0 bridgehead atoms. The maximum atomic E-state index is 10.1. The molecule has 0 spiro atoms. The number of hydrogen-bond donors (Lipinski definition) is 2. The summed E-state index contributed by atoms with van der Waals surface area (Å²) in [6.07, 6.45) is 4.10. The lowest BCUT2D eigenvalue weighted by atomic mass is 10.1. The lowest BCUT2D eigenvalue weighted by molar-refractivity contribution is 0.175. The Hall–Kier alpha value is -1.17.